The summed E-state index contributed by atoms with van der Waals surface area (Å²) in [6.07, 6.45) is 8.62. The summed E-state index contributed by atoms with van der Waals surface area (Å²) in [6, 6.07) is 0. The summed E-state index contributed by atoms with van der Waals surface area (Å²) >= 11 is 0. The molecular formula is C15H30O3. The molecule has 0 aromatic rings. The highest BCUT2D eigenvalue weighted by Gasteiger charge is 2.14. The third-order valence-electron chi connectivity index (χ3n) is 2.59. The van der Waals surface area contributed by atoms with Gasteiger partial charge >= 0.3 is 0 Å². The summed E-state index contributed by atoms with van der Waals surface area (Å²) in [6.45, 7) is 10.2. The number of hydrogen-bond acceptors (Lipinski definition) is 3. The van der Waals surface area contributed by atoms with Gasteiger partial charge in [0.15, 0.2) is 6.29 Å². The molecule has 18 heavy (non-hydrogen) atoms. The lowest BCUT2D eigenvalue weighted by Crippen LogP contribution is -2.24. The van der Waals surface area contributed by atoms with Crippen LogP contribution in [-0.4, -0.2) is 32.2 Å². The molecule has 0 aliphatic carbocycles. The SMILES string of the molecule is CCCCC=CC(CC(OCC)OCC)OCC. The molecule has 0 amide bonds. The Morgan fingerprint density at radius 1 is 0.889 bits per heavy atom. The summed E-state index contributed by atoms with van der Waals surface area (Å²) < 4.78 is 16.8. The molecular weight excluding hydrogens is 228 g/mol. The molecule has 1 atom stereocenters. The van der Waals surface area contributed by atoms with Crippen molar-refractivity contribution in [3.8, 4) is 0 Å². The molecule has 0 rings (SSSR count). The third kappa shape index (κ3) is 9.63. The lowest BCUT2D eigenvalue weighted by atomic mass is 10.2. The summed E-state index contributed by atoms with van der Waals surface area (Å²) in [4.78, 5) is 0. The fraction of sp³-hybridized carbons (Fsp3) is 0.867. The van der Waals surface area contributed by atoms with Crippen LogP contribution < -0.4 is 0 Å². The van der Waals surface area contributed by atoms with Gasteiger partial charge in [-0.05, 0) is 27.2 Å². The van der Waals surface area contributed by atoms with Crippen LogP contribution in [0.1, 0.15) is 53.4 Å². The Balaban J connectivity index is 4.15. The minimum absolute atomic E-state index is 0.0926. The second-order valence-corrected chi connectivity index (χ2v) is 4.14. The molecule has 0 radical (unpaired) electrons. The van der Waals surface area contributed by atoms with E-state index in [1.54, 1.807) is 0 Å². The van der Waals surface area contributed by atoms with E-state index in [2.05, 4.69) is 19.1 Å². The van der Waals surface area contributed by atoms with E-state index in [9.17, 15) is 0 Å². The van der Waals surface area contributed by atoms with Gasteiger partial charge in [-0.25, -0.2) is 0 Å². The Morgan fingerprint density at radius 2 is 1.50 bits per heavy atom. The highest BCUT2D eigenvalue weighted by molar-refractivity contribution is 4.90. The summed E-state index contributed by atoms with van der Waals surface area (Å²) in [5.41, 5.74) is 0. The molecule has 3 nitrogen and oxygen atoms in total. The van der Waals surface area contributed by atoms with Crippen LogP contribution in [0.2, 0.25) is 0 Å². The first-order valence-corrected chi connectivity index (χ1v) is 7.29. The van der Waals surface area contributed by atoms with E-state index >= 15 is 0 Å². The van der Waals surface area contributed by atoms with Crippen molar-refractivity contribution >= 4 is 0 Å². The lowest BCUT2D eigenvalue weighted by Gasteiger charge is -2.21. The molecule has 3 heteroatoms. The zero-order valence-electron chi connectivity index (χ0n) is 12.5. The van der Waals surface area contributed by atoms with E-state index in [0.717, 1.165) is 12.8 Å². The summed E-state index contributed by atoms with van der Waals surface area (Å²) in [5.74, 6) is 0. The van der Waals surface area contributed by atoms with Crippen molar-refractivity contribution in [2.45, 2.75) is 65.8 Å². The van der Waals surface area contributed by atoms with Crippen LogP contribution in [0, 0.1) is 0 Å². The molecule has 1 unspecified atom stereocenters. The average molecular weight is 258 g/mol. The first kappa shape index (κ1) is 17.6. The smallest absolute Gasteiger partial charge is 0.160 e. The van der Waals surface area contributed by atoms with E-state index in [1.165, 1.54) is 12.8 Å². The second kappa shape index (κ2) is 13.1. The van der Waals surface area contributed by atoms with Gasteiger partial charge in [0.1, 0.15) is 0 Å². The Kier molecular flexibility index (Phi) is 12.8. The summed E-state index contributed by atoms with van der Waals surface area (Å²) in [7, 11) is 0. The van der Waals surface area contributed by atoms with Gasteiger partial charge < -0.3 is 14.2 Å². The van der Waals surface area contributed by atoms with Crippen LogP contribution in [0.5, 0.6) is 0 Å². The maximum atomic E-state index is 5.70. The van der Waals surface area contributed by atoms with Crippen molar-refractivity contribution in [1.82, 2.24) is 0 Å². The van der Waals surface area contributed by atoms with Gasteiger partial charge in [0.25, 0.3) is 0 Å². The highest BCUT2D eigenvalue weighted by Crippen LogP contribution is 2.11. The Hall–Kier alpha value is -0.380. The average Bonchev–Trinajstić information content (AvgIpc) is 2.35. The van der Waals surface area contributed by atoms with E-state index < -0.39 is 0 Å². The predicted molar refractivity (Wildman–Crippen MR) is 75.7 cm³/mol. The van der Waals surface area contributed by atoms with Gasteiger partial charge in [0, 0.05) is 26.2 Å². The first-order valence-electron chi connectivity index (χ1n) is 7.29. The van der Waals surface area contributed by atoms with E-state index in [-0.39, 0.29) is 12.4 Å². The fourth-order valence-electron chi connectivity index (χ4n) is 1.73. The molecule has 0 saturated heterocycles. The van der Waals surface area contributed by atoms with Crippen LogP contribution in [0.15, 0.2) is 12.2 Å². The molecule has 0 N–H and O–H groups in total. The van der Waals surface area contributed by atoms with E-state index in [0.29, 0.717) is 19.8 Å². The van der Waals surface area contributed by atoms with Crippen molar-refractivity contribution in [2.24, 2.45) is 0 Å². The van der Waals surface area contributed by atoms with Crippen LogP contribution in [0.3, 0.4) is 0 Å². The third-order valence-corrected chi connectivity index (χ3v) is 2.59. The van der Waals surface area contributed by atoms with Crippen LogP contribution in [-0.2, 0) is 14.2 Å². The van der Waals surface area contributed by atoms with Crippen molar-refractivity contribution in [3.05, 3.63) is 12.2 Å². The maximum absolute atomic E-state index is 5.70. The Bertz CT molecular complexity index is 186. The van der Waals surface area contributed by atoms with Gasteiger partial charge in [-0.15, -0.1) is 0 Å². The Morgan fingerprint density at radius 3 is 2.00 bits per heavy atom. The van der Waals surface area contributed by atoms with E-state index in [1.807, 2.05) is 20.8 Å². The standard InChI is InChI=1S/C15H30O3/c1-5-9-10-11-12-14(16-6-2)13-15(17-7-3)18-8-4/h11-12,14-15H,5-10,13H2,1-4H3. The number of allylic oxidation sites excluding steroid dienone is 1. The molecule has 108 valence electrons. The lowest BCUT2D eigenvalue weighted by molar-refractivity contribution is -0.152. The molecule has 0 saturated carbocycles. The number of rotatable bonds is 12. The van der Waals surface area contributed by atoms with Crippen molar-refractivity contribution in [2.75, 3.05) is 19.8 Å². The highest BCUT2D eigenvalue weighted by atomic mass is 16.7. The number of ether oxygens (including phenoxy) is 3. The van der Waals surface area contributed by atoms with E-state index in [4.69, 9.17) is 14.2 Å². The normalized spacial score (nSPS) is 13.6. The monoisotopic (exact) mass is 258 g/mol. The Labute approximate surface area is 112 Å². The number of unbranched alkanes of at least 4 members (excludes halogenated alkanes) is 2. The maximum Gasteiger partial charge on any atom is 0.160 e. The quantitative estimate of drug-likeness (QED) is 0.301. The van der Waals surface area contributed by atoms with Crippen LogP contribution >= 0.6 is 0 Å². The van der Waals surface area contributed by atoms with Crippen LogP contribution in [0.25, 0.3) is 0 Å². The molecule has 0 heterocycles. The zero-order valence-corrected chi connectivity index (χ0v) is 12.5. The van der Waals surface area contributed by atoms with Crippen molar-refractivity contribution in [3.63, 3.8) is 0 Å². The minimum atomic E-state index is -0.160. The molecule has 0 fully saturated rings. The van der Waals surface area contributed by atoms with Crippen LogP contribution in [0.4, 0.5) is 0 Å². The van der Waals surface area contributed by atoms with Crippen molar-refractivity contribution in [1.29, 1.82) is 0 Å². The molecule has 0 bridgehead atoms. The first-order chi connectivity index (χ1) is 8.78. The van der Waals surface area contributed by atoms with Gasteiger partial charge in [0.05, 0.1) is 6.10 Å². The minimum Gasteiger partial charge on any atom is -0.374 e. The molecule has 0 spiro atoms. The van der Waals surface area contributed by atoms with Gasteiger partial charge in [0.2, 0.25) is 0 Å². The molecule has 0 aromatic carbocycles. The molecule has 0 aliphatic rings. The predicted octanol–water partition coefficient (Wildman–Crippen LogP) is 3.93. The second-order valence-electron chi connectivity index (χ2n) is 4.14. The van der Waals surface area contributed by atoms with Crippen molar-refractivity contribution < 1.29 is 14.2 Å². The summed E-state index contributed by atoms with van der Waals surface area (Å²) in [5, 5.41) is 0. The van der Waals surface area contributed by atoms with Gasteiger partial charge in [-0.1, -0.05) is 31.9 Å². The zero-order chi connectivity index (χ0) is 13.6. The molecule has 0 aliphatic heterocycles. The van der Waals surface area contributed by atoms with Gasteiger partial charge in [-0.2, -0.15) is 0 Å². The largest absolute Gasteiger partial charge is 0.374 e. The topological polar surface area (TPSA) is 27.7 Å². The molecule has 0 aromatic heterocycles. The number of hydrogen-bond donors (Lipinski definition) is 0. The van der Waals surface area contributed by atoms with Gasteiger partial charge in [-0.3, -0.25) is 0 Å². The fourth-order valence-corrected chi connectivity index (χ4v) is 1.73.